The first-order valence-electron chi connectivity index (χ1n) is 8.39. The molecule has 4 rings (SSSR count). The lowest BCUT2D eigenvalue weighted by Gasteiger charge is -2.32. The molecule has 0 bridgehead atoms. The Bertz CT molecular complexity index is 1100. The van der Waals surface area contributed by atoms with E-state index in [0.29, 0.717) is 5.56 Å². The van der Waals surface area contributed by atoms with Crippen LogP contribution in [0.2, 0.25) is 0 Å². The SMILES string of the molecule is C[C@@]1(C(=O)Nc2nc(-c3cc(F)ccc3F)cs2)Cc2ccccc2C(=O)O1. The maximum Gasteiger partial charge on any atom is 0.339 e. The summed E-state index contributed by atoms with van der Waals surface area (Å²) in [6, 6.07) is 10.0. The Hall–Kier alpha value is -3.13. The van der Waals surface area contributed by atoms with Crippen LogP contribution in [-0.4, -0.2) is 22.5 Å². The van der Waals surface area contributed by atoms with Gasteiger partial charge in [-0.05, 0) is 36.8 Å². The van der Waals surface area contributed by atoms with E-state index in [1.54, 1.807) is 24.3 Å². The summed E-state index contributed by atoms with van der Waals surface area (Å²) in [5, 5.41) is 4.31. The van der Waals surface area contributed by atoms with Crippen LogP contribution in [0.3, 0.4) is 0 Å². The third-order valence-electron chi connectivity index (χ3n) is 4.49. The third-order valence-corrected chi connectivity index (χ3v) is 5.25. The summed E-state index contributed by atoms with van der Waals surface area (Å²) in [5.41, 5.74) is -0.0418. The molecule has 0 radical (unpaired) electrons. The van der Waals surface area contributed by atoms with E-state index in [2.05, 4.69) is 10.3 Å². The zero-order valence-corrected chi connectivity index (χ0v) is 15.5. The van der Waals surface area contributed by atoms with Gasteiger partial charge in [0.25, 0.3) is 5.91 Å². The molecule has 0 saturated heterocycles. The lowest BCUT2D eigenvalue weighted by atomic mass is 9.89. The zero-order chi connectivity index (χ0) is 19.9. The Balaban J connectivity index is 1.56. The molecule has 0 saturated carbocycles. The third kappa shape index (κ3) is 3.27. The molecule has 1 aliphatic rings. The highest BCUT2D eigenvalue weighted by Crippen LogP contribution is 2.31. The molecule has 0 fully saturated rings. The van der Waals surface area contributed by atoms with Crippen LogP contribution in [0.5, 0.6) is 0 Å². The molecule has 1 aromatic heterocycles. The summed E-state index contributed by atoms with van der Waals surface area (Å²) in [6.45, 7) is 1.52. The van der Waals surface area contributed by atoms with E-state index in [4.69, 9.17) is 4.74 Å². The number of amides is 1. The largest absolute Gasteiger partial charge is 0.445 e. The smallest absolute Gasteiger partial charge is 0.339 e. The second-order valence-electron chi connectivity index (χ2n) is 6.57. The Kier molecular flexibility index (Phi) is 4.43. The number of benzene rings is 2. The van der Waals surface area contributed by atoms with Crippen molar-refractivity contribution in [2.45, 2.75) is 18.9 Å². The number of carbonyl (C=O) groups is 2. The minimum absolute atomic E-state index is 0.000909. The number of esters is 1. The number of cyclic esters (lactones) is 1. The van der Waals surface area contributed by atoms with Crippen LogP contribution in [0, 0.1) is 11.6 Å². The number of nitrogens with one attached hydrogen (secondary N) is 1. The molecule has 0 spiro atoms. The lowest BCUT2D eigenvalue weighted by molar-refractivity contribution is -0.134. The van der Waals surface area contributed by atoms with Gasteiger partial charge in [0.05, 0.1) is 11.3 Å². The standard InChI is InChI=1S/C20H14F2N2O3S/c1-20(9-11-4-2-3-5-13(11)17(25)27-20)18(26)24-19-23-16(10-28-19)14-8-12(21)6-7-15(14)22/h2-8,10H,9H2,1H3,(H,23,24,26)/t20-/m0/s1. The fraction of sp³-hybridized carbons (Fsp3) is 0.150. The molecule has 1 amide bonds. The van der Waals surface area contributed by atoms with Crippen LogP contribution in [0.4, 0.5) is 13.9 Å². The van der Waals surface area contributed by atoms with Crippen LogP contribution < -0.4 is 5.32 Å². The first-order valence-corrected chi connectivity index (χ1v) is 9.27. The first-order chi connectivity index (χ1) is 13.4. The van der Waals surface area contributed by atoms with Crippen molar-refractivity contribution in [2.24, 2.45) is 0 Å². The number of aromatic nitrogens is 1. The summed E-state index contributed by atoms with van der Waals surface area (Å²) in [4.78, 5) is 29.1. The summed E-state index contributed by atoms with van der Waals surface area (Å²) >= 11 is 1.06. The van der Waals surface area contributed by atoms with Gasteiger partial charge in [-0.2, -0.15) is 0 Å². The number of halogens is 2. The second kappa shape index (κ2) is 6.79. The molecule has 0 unspecified atom stereocenters. The molecule has 2 heterocycles. The summed E-state index contributed by atoms with van der Waals surface area (Å²) in [7, 11) is 0. The Labute approximate surface area is 163 Å². The van der Waals surface area contributed by atoms with E-state index in [1.165, 1.54) is 12.3 Å². The minimum Gasteiger partial charge on any atom is -0.445 e. The van der Waals surface area contributed by atoms with Gasteiger partial charge in [0, 0.05) is 17.4 Å². The zero-order valence-electron chi connectivity index (χ0n) is 14.7. The van der Waals surface area contributed by atoms with E-state index < -0.39 is 29.1 Å². The average molecular weight is 400 g/mol. The fourth-order valence-electron chi connectivity index (χ4n) is 3.04. The molecule has 1 aliphatic heterocycles. The van der Waals surface area contributed by atoms with Gasteiger partial charge in [0.15, 0.2) is 10.7 Å². The molecular formula is C20H14F2N2O3S. The van der Waals surface area contributed by atoms with Crippen molar-refractivity contribution in [3.8, 4) is 11.3 Å². The normalized spacial score (nSPS) is 18.3. The second-order valence-corrected chi connectivity index (χ2v) is 7.43. The van der Waals surface area contributed by atoms with E-state index in [1.807, 2.05) is 0 Å². The highest BCUT2D eigenvalue weighted by Gasteiger charge is 2.42. The Morgan fingerprint density at radius 3 is 2.82 bits per heavy atom. The molecule has 1 atom stereocenters. The molecule has 28 heavy (non-hydrogen) atoms. The quantitative estimate of drug-likeness (QED) is 0.669. The number of carbonyl (C=O) groups excluding carboxylic acids is 2. The van der Waals surface area contributed by atoms with Gasteiger partial charge >= 0.3 is 5.97 Å². The van der Waals surface area contributed by atoms with Gasteiger partial charge < -0.3 is 4.74 Å². The molecule has 0 aliphatic carbocycles. The van der Waals surface area contributed by atoms with Gasteiger partial charge in [-0.25, -0.2) is 18.6 Å². The maximum atomic E-state index is 13.9. The predicted molar refractivity (Wildman–Crippen MR) is 100 cm³/mol. The molecule has 8 heteroatoms. The summed E-state index contributed by atoms with van der Waals surface area (Å²) in [6.07, 6.45) is 0.220. The van der Waals surface area contributed by atoms with Crippen molar-refractivity contribution in [2.75, 3.05) is 5.32 Å². The fourth-order valence-corrected chi connectivity index (χ4v) is 3.74. The Morgan fingerprint density at radius 1 is 1.21 bits per heavy atom. The van der Waals surface area contributed by atoms with Crippen molar-refractivity contribution in [3.63, 3.8) is 0 Å². The number of nitrogens with zero attached hydrogens (tertiary/aromatic N) is 1. The van der Waals surface area contributed by atoms with Gasteiger partial charge in [-0.3, -0.25) is 10.1 Å². The summed E-state index contributed by atoms with van der Waals surface area (Å²) in [5.74, 6) is -2.32. The topological polar surface area (TPSA) is 68.3 Å². The molecule has 2 aromatic carbocycles. The monoisotopic (exact) mass is 400 g/mol. The van der Waals surface area contributed by atoms with Gasteiger partial charge in [-0.15, -0.1) is 11.3 Å². The highest BCUT2D eigenvalue weighted by atomic mass is 32.1. The highest BCUT2D eigenvalue weighted by molar-refractivity contribution is 7.14. The van der Waals surface area contributed by atoms with E-state index in [9.17, 15) is 18.4 Å². The summed E-state index contributed by atoms with van der Waals surface area (Å²) < 4.78 is 32.7. The number of hydrogen-bond acceptors (Lipinski definition) is 5. The van der Waals surface area contributed by atoms with Crippen LogP contribution >= 0.6 is 11.3 Å². The number of thiazole rings is 1. The average Bonchev–Trinajstić information content (AvgIpc) is 3.12. The van der Waals surface area contributed by atoms with Crippen molar-refractivity contribution in [3.05, 3.63) is 70.6 Å². The van der Waals surface area contributed by atoms with Crippen molar-refractivity contribution >= 4 is 28.3 Å². The van der Waals surface area contributed by atoms with E-state index >= 15 is 0 Å². The number of fused-ring (bicyclic) bond motifs is 1. The minimum atomic E-state index is -1.40. The number of ether oxygens (including phenoxy) is 1. The molecule has 3 aromatic rings. The number of hydrogen-bond donors (Lipinski definition) is 1. The van der Waals surface area contributed by atoms with Crippen molar-refractivity contribution in [1.29, 1.82) is 0 Å². The van der Waals surface area contributed by atoms with E-state index in [0.717, 1.165) is 35.1 Å². The van der Waals surface area contributed by atoms with Gasteiger partial charge in [0.2, 0.25) is 0 Å². The van der Waals surface area contributed by atoms with Crippen molar-refractivity contribution in [1.82, 2.24) is 4.98 Å². The molecular weight excluding hydrogens is 386 g/mol. The predicted octanol–water partition coefficient (Wildman–Crippen LogP) is 4.20. The van der Waals surface area contributed by atoms with Gasteiger partial charge in [0.1, 0.15) is 11.6 Å². The van der Waals surface area contributed by atoms with Crippen LogP contribution in [0.25, 0.3) is 11.3 Å². The number of anilines is 1. The van der Waals surface area contributed by atoms with Crippen LogP contribution in [0.1, 0.15) is 22.8 Å². The van der Waals surface area contributed by atoms with Crippen LogP contribution in [0.15, 0.2) is 47.8 Å². The maximum absolute atomic E-state index is 13.9. The van der Waals surface area contributed by atoms with E-state index in [-0.39, 0.29) is 22.8 Å². The van der Waals surface area contributed by atoms with Crippen LogP contribution in [-0.2, 0) is 16.0 Å². The first kappa shape index (κ1) is 18.2. The number of rotatable bonds is 3. The molecule has 5 nitrogen and oxygen atoms in total. The Morgan fingerprint density at radius 2 is 2.00 bits per heavy atom. The van der Waals surface area contributed by atoms with Gasteiger partial charge in [-0.1, -0.05) is 18.2 Å². The molecule has 142 valence electrons. The molecule has 1 N–H and O–H groups in total. The van der Waals surface area contributed by atoms with Crippen molar-refractivity contribution < 1.29 is 23.1 Å². The lowest BCUT2D eigenvalue weighted by Crippen LogP contribution is -2.48.